The van der Waals surface area contributed by atoms with E-state index >= 15 is 0 Å². The monoisotopic (exact) mass is 370 g/mol. The van der Waals surface area contributed by atoms with Crippen LogP contribution in [-0.2, 0) is 4.74 Å². The zero-order chi connectivity index (χ0) is 18.6. The molecule has 4 rings (SSSR count). The number of hydrogen-bond acceptors (Lipinski definition) is 6. The Balaban J connectivity index is 1.34. The lowest BCUT2D eigenvalue weighted by Crippen LogP contribution is -2.48. The molecular weight excluding hydrogens is 348 g/mol. The van der Waals surface area contributed by atoms with Crippen molar-refractivity contribution in [2.45, 2.75) is 0 Å². The summed E-state index contributed by atoms with van der Waals surface area (Å²) in [7, 11) is 0. The number of aromatic nitrogens is 1. The van der Waals surface area contributed by atoms with Gasteiger partial charge in [-0.3, -0.25) is 9.59 Å². The maximum atomic E-state index is 12.5. The van der Waals surface area contributed by atoms with Crippen LogP contribution in [0, 0.1) is 0 Å². The Morgan fingerprint density at radius 1 is 0.889 bits per heavy atom. The molecule has 2 aliphatic heterocycles. The molecule has 0 unspecified atom stereocenters. The Kier molecular flexibility index (Phi) is 5.06. The average Bonchev–Trinajstić information content (AvgIpc) is 3.28. The minimum absolute atomic E-state index is 0.0567. The SMILES string of the molecule is O=C(c1ccc(N2CCN(C(=O)c3ccco3)CC2)cn1)N1CCOCC1. The highest BCUT2D eigenvalue weighted by Gasteiger charge is 2.24. The number of amides is 2. The first-order valence-electron chi connectivity index (χ1n) is 9.13. The summed E-state index contributed by atoms with van der Waals surface area (Å²) in [5.41, 5.74) is 1.41. The van der Waals surface area contributed by atoms with Crippen LogP contribution in [0.2, 0.25) is 0 Å². The Labute approximate surface area is 157 Å². The molecule has 0 radical (unpaired) electrons. The van der Waals surface area contributed by atoms with Gasteiger partial charge < -0.3 is 23.9 Å². The number of carbonyl (C=O) groups excluding carboxylic acids is 2. The lowest BCUT2D eigenvalue weighted by Gasteiger charge is -2.35. The largest absolute Gasteiger partial charge is 0.459 e. The number of nitrogens with zero attached hydrogens (tertiary/aromatic N) is 4. The highest BCUT2D eigenvalue weighted by molar-refractivity contribution is 5.93. The van der Waals surface area contributed by atoms with Crippen LogP contribution in [0.15, 0.2) is 41.1 Å². The topological polar surface area (TPSA) is 79.1 Å². The molecular formula is C19H22N4O4. The first-order valence-corrected chi connectivity index (χ1v) is 9.13. The molecule has 0 aromatic carbocycles. The zero-order valence-electron chi connectivity index (χ0n) is 15.0. The third-order valence-corrected chi connectivity index (χ3v) is 4.93. The summed E-state index contributed by atoms with van der Waals surface area (Å²) < 4.78 is 10.5. The second kappa shape index (κ2) is 7.79. The van der Waals surface area contributed by atoms with Crippen LogP contribution >= 0.6 is 0 Å². The molecule has 2 amide bonds. The third kappa shape index (κ3) is 3.80. The first kappa shape index (κ1) is 17.5. The number of hydrogen-bond donors (Lipinski definition) is 0. The summed E-state index contributed by atoms with van der Waals surface area (Å²) in [6.45, 7) is 5.02. The molecule has 27 heavy (non-hydrogen) atoms. The zero-order valence-corrected chi connectivity index (χ0v) is 15.0. The van der Waals surface area contributed by atoms with Crippen molar-refractivity contribution < 1.29 is 18.7 Å². The molecule has 0 N–H and O–H groups in total. The minimum Gasteiger partial charge on any atom is -0.459 e. The van der Waals surface area contributed by atoms with Crippen molar-refractivity contribution in [1.29, 1.82) is 0 Å². The van der Waals surface area contributed by atoms with E-state index in [1.54, 1.807) is 34.2 Å². The van der Waals surface area contributed by atoms with Crippen LogP contribution in [-0.4, -0.2) is 79.1 Å². The van der Waals surface area contributed by atoms with E-state index in [0.29, 0.717) is 63.9 Å². The Hall–Kier alpha value is -2.87. The minimum atomic E-state index is -0.0794. The summed E-state index contributed by atoms with van der Waals surface area (Å²) in [4.78, 5) is 34.9. The highest BCUT2D eigenvalue weighted by atomic mass is 16.5. The second-order valence-corrected chi connectivity index (χ2v) is 6.56. The Morgan fingerprint density at radius 2 is 1.63 bits per heavy atom. The van der Waals surface area contributed by atoms with Crippen LogP contribution in [0.1, 0.15) is 21.0 Å². The summed E-state index contributed by atoms with van der Waals surface area (Å²) in [6, 6.07) is 7.09. The number of piperazine rings is 1. The molecule has 0 bridgehead atoms. The number of anilines is 1. The molecule has 2 aromatic heterocycles. The maximum Gasteiger partial charge on any atom is 0.289 e. The van der Waals surface area contributed by atoms with Crippen LogP contribution in [0.4, 0.5) is 5.69 Å². The Morgan fingerprint density at radius 3 is 2.26 bits per heavy atom. The van der Waals surface area contributed by atoms with Crippen molar-refractivity contribution in [2.75, 3.05) is 57.4 Å². The molecule has 142 valence electrons. The van der Waals surface area contributed by atoms with Gasteiger partial charge in [0.25, 0.3) is 11.8 Å². The van der Waals surface area contributed by atoms with E-state index in [2.05, 4.69) is 9.88 Å². The van der Waals surface area contributed by atoms with Gasteiger partial charge in [-0.2, -0.15) is 0 Å². The quantitative estimate of drug-likeness (QED) is 0.805. The maximum absolute atomic E-state index is 12.5. The molecule has 2 saturated heterocycles. The van der Waals surface area contributed by atoms with Gasteiger partial charge in [-0.1, -0.05) is 0 Å². The first-order chi connectivity index (χ1) is 13.2. The van der Waals surface area contributed by atoms with Crippen molar-refractivity contribution in [3.05, 3.63) is 48.2 Å². The number of pyridine rings is 1. The summed E-state index contributed by atoms with van der Waals surface area (Å²) in [5.74, 6) is 0.235. The fourth-order valence-electron chi connectivity index (χ4n) is 3.35. The van der Waals surface area contributed by atoms with Gasteiger partial charge in [0, 0.05) is 39.3 Å². The molecule has 0 aliphatic carbocycles. The van der Waals surface area contributed by atoms with E-state index < -0.39 is 0 Å². The molecule has 0 saturated carbocycles. The molecule has 2 aromatic rings. The van der Waals surface area contributed by atoms with E-state index in [9.17, 15) is 9.59 Å². The lowest BCUT2D eigenvalue weighted by molar-refractivity contribution is 0.0299. The van der Waals surface area contributed by atoms with Gasteiger partial charge in [0.15, 0.2) is 5.76 Å². The van der Waals surface area contributed by atoms with E-state index in [-0.39, 0.29) is 11.8 Å². The van der Waals surface area contributed by atoms with Gasteiger partial charge in [-0.05, 0) is 24.3 Å². The fraction of sp³-hybridized carbons (Fsp3) is 0.421. The van der Waals surface area contributed by atoms with E-state index in [1.807, 2.05) is 6.07 Å². The second-order valence-electron chi connectivity index (χ2n) is 6.56. The predicted molar refractivity (Wildman–Crippen MR) is 97.8 cm³/mol. The summed E-state index contributed by atoms with van der Waals surface area (Å²) in [5, 5.41) is 0. The van der Waals surface area contributed by atoms with Crippen molar-refractivity contribution in [2.24, 2.45) is 0 Å². The van der Waals surface area contributed by atoms with E-state index in [4.69, 9.17) is 9.15 Å². The fourth-order valence-corrected chi connectivity index (χ4v) is 3.35. The number of ether oxygens (including phenoxy) is 1. The van der Waals surface area contributed by atoms with Crippen molar-refractivity contribution >= 4 is 17.5 Å². The lowest BCUT2D eigenvalue weighted by atomic mass is 10.2. The van der Waals surface area contributed by atoms with Gasteiger partial charge in [-0.25, -0.2) is 4.98 Å². The van der Waals surface area contributed by atoms with Crippen molar-refractivity contribution in [1.82, 2.24) is 14.8 Å². The average molecular weight is 370 g/mol. The van der Waals surface area contributed by atoms with E-state index in [0.717, 1.165) is 5.69 Å². The number of rotatable bonds is 3. The number of morpholine rings is 1. The summed E-state index contributed by atoms with van der Waals surface area (Å²) >= 11 is 0. The van der Waals surface area contributed by atoms with Crippen LogP contribution < -0.4 is 4.90 Å². The van der Waals surface area contributed by atoms with Gasteiger partial charge >= 0.3 is 0 Å². The van der Waals surface area contributed by atoms with Crippen molar-refractivity contribution in [3.63, 3.8) is 0 Å². The van der Waals surface area contributed by atoms with Crippen LogP contribution in [0.5, 0.6) is 0 Å². The Bertz CT molecular complexity index is 777. The molecule has 0 atom stereocenters. The van der Waals surface area contributed by atoms with Crippen LogP contribution in [0.25, 0.3) is 0 Å². The van der Waals surface area contributed by atoms with Crippen LogP contribution in [0.3, 0.4) is 0 Å². The molecule has 4 heterocycles. The van der Waals surface area contributed by atoms with Gasteiger partial charge in [0.05, 0.1) is 31.4 Å². The number of carbonyl (C=O) groups is 2. The van der Waals surface area contributed by atoms with Gasteiger partial charge in [-0.15, -0.1) is 0 Å². The smallest absolute Gasteiger partial charge is 0.289 e. The van der Waals surface area contributed by atoms with Crippen molar-refractivity contribution in [3.8, 4) is 0 Å². The van der Waals surface area contributed by atoms with Gasteiger partial charge in [0.1, 0.15) is 5.69 Å². The third-order valence-electron chi connectivity index (χ3n) is 4.93. The normalized spacial score (nSPS) is 17.9. The molecule has 8 heteroatoms. The van der Waals surface area contributed by atoms with E-state index in [1.165, 1.54) is 6.26 Å². The molecule has 2 fully saturated rings. The summed E-state index contributed by atoms with van der Waals surface area (Å²) in [6.07, 6.45) is 3.24. The van der Waals surface area contributed by atoms with Gasteiger partial charge in [0.2, 0.25) is 0 Å². The predicted octanol–water partition coefficient (Wildman–Crippen LogP) is 1.11. The number of furan rings is 1. The molecule has 2 aliphatic rings. The standard InChI is InChI=1S/C19H22N4O4/c24-18(23-9-12-26-13-10-23)16-4-3-15(14-20-16)21-5-7-22(8-6-21)19(25)17-2-1-11-27-17/h1-4,11,14H,5-10,12-13H2. The molecule has 0 spiro atoms. The highest BCUT2D eigenvalue weighted by Crippen LogP contribution is 2.18. The molecule has 8 nitrogen and oxygen atoms in total.